The van der Waals surface area contributed by atoms with Gasteiger partial charge in [-0.05, 0) is 41.7 Å². The lowest BCUT2D eigenvalue weighted by molar-refractivity contribution is 0.173. The Hall–Kier alpha value is -0.810. The Bertz CT molecular complexity index is 398. The van der Waals surface area contributed by atoms with E-state index in [9.17, 15) is 4.39 Å². The number of hydrogen-bond acceptors (Lipinski definition) is 3. The van der Waals surface area contributed by atoms with Gasteiger partial charge in [-0.1, -0.05) is 0 Å². The monoisotopic (exact) mass is 289 g/mol. The maximum absolute atomic E-state index is 13.9. The van der Waals surface area contributed by atoms with Gasteiger partial charge in [-0.2, -0.15) is 0 Å². The highest BCUT2D eigenvalue weighted by Gasteiger charge is 2.23. The molecule has 1 aromatic carbocycles. The minimum atomic E-state index is -0.263. The smallest absolute Gasteiger partial charge is 0.231 e. The minimum absolute atomic E-state index is 0.162. The molecule has 0 radical (unpaired) electrons. The SMILES string of the molecule is NCCCCc1c(F)c(Br)cc2c1OCO2. The van der Waals surface area contributed by atoms with E-state index in [0.717, 1.165) is 12.8 Å². The van der Waals surface area contributed by atoms with Crippen molar-refractivity contribution in [2.45, 2.75) is 19.3 Å². The number of nitrogens with two attached hydrogens (primary N) is 1. The average molecular weight is 290 g/mol. The number of halogens is 2. The van der Waals surface area contributed by atoms with E-state index in [1.54, 1.807) is 6.07 Å². The molecule has 0 atom stereocenters. The molecule has 1 aliphatic heterocycles. The van der Waals surface area contributed by atoms with Crippen LogP contribution in [-0.2, 0) is 6.42 Å². The molecule has 1 heterocycles. The van der Waals surface area contributed by atoms with Crippen LogP contribution in [0, 0.1) is 5.82 Å². The molecular weight excluding hydrogens is 277 g/mol. The number of ether oxygens (including phenoxy) is 2. The third-order valence-electron chi connectivity index (χ3n) is 2.53. The van der Waals surface area contributed by atoms with Crippen LogP contribution in [0.25, 0.3) is 0 Å². The molecule has 0 aliphatic carbocycles. The highest BCUT2D eigenvalue weighted by atomic mass is 79.9. The Kier molecular flexibility index (Phi) is 3.66. The summed E-state index contributed by atoms with van der Waals surface area (Å²) in [5.41, 5.74) is 5.99. The fraction of sp³-hybridized carbons (Fsp3) is 0.455. The fourth-order valence-corrected chi connectivity index (χ4v) is 2.17. The molecule has 88 valence electrons. The molecule has 2 N–H and O–H groups in total. The van der Waals surface area contributed by atoms with Crippen LogP contribution in [0.4, 0.5) is 4.39 Å². The Balaban J connectivity index is 2.27. The highest BCUT2D eigenvalue weighted by molar-refractivity contribution is 9.10. The quantitative estimate of drug-likeness (QED) is 0.867. The predicted molar refractivity (Wildman–Crippen MR) is 62.2 cm³/mol. The molecule has 0 saturated carbocycles. The summed E-state index contributed by atoms with van der Waals surface area (Å²) in [6, 6.07) is 1.60. The lowest BCUT2D eigenvalue weighted by Gasteiger charge is -2.08. The number of fused-ring (bicyclic) bond motifs is 1. The van der Waals surface area contributed by atoms with Gasteiger partial charge in [-0.25, -0.2) is 4.39 Å². The van der Waals surface area contributed by atoms with Crippen molar-refractivity contribution in [3.8, 4) is 11.5 Å². The van der Waals surface area contributed by atoms with Gasteiger partial charge in [0.15, 0.2) is 11.5 Å². The van der Waals surface area contributed by atoms with E-state index in [-0.39, 0.29) is 12.6 Å². The van der Waals surface area contributed by atoms with Crippen LogP contribution in [0.5, 0.6) is 11.5 Å². The van der Waals surface area contributed by atoms with Crippen LogP contribution in [0.15, 0.2) is 10.5 Å². The van der Waals surface area contributed by atoms with E-state index in [1.165, 1.54) is 0 Å². The zero-order chi connectivity index (χ0) is 11.5. The standard InChI is InChI=1S/C11H13BrFNO2/c12-8-5-9-11(16-6-15-9)7(10(8)13)3-1-2-4-14/h5H,1-4,6,14H2. The third kappa shape index (κ3) is 2.15. The van der Waals surface area contributed by atoms with Gasteiger partial charge < -0.3 is 15.2 Å². The largest absolute Gasteiger partial charge is 0.454 e. The number of rotatable bonds is 4. The van der Waals surface area contributed by atoms with E-state index in [1.807, 2.05) is 0 Å². The molecule has 0 fully saturated rings. The third-order valence-corrected chi connectivity index (χ3v) is 3.11. The van der Waals surface area contributed by atoms with E-state index in [4.69, 9.17) is 15.2 Å². The average Bonchev–Trinajstić information content (AvgIpc) is 2.71. The molecule has 0 unspecified atom stereocenters. The molecule has 0 bridgehead atoms. The Morgan fingerprint density at radius 2 is 2.19 bits per heavy atom. The second-order valence-electron chi connectivity index (χ2n) is 3.63. The molecule has 0 spiro atoms. The fourth-order valence-electron chi connectivity index (χ4n) is 1.72. The summed E-state index contributed by atoms with van der Waals surface area (Å²) < 4.78 is 24.8. The maximum atomic E-state index is 13.9. The first-order valence-corrected chi connectivity index (χ1v) is 6.00. The van der Waals surface area contributed by atoms with Crippen LogP contribution in [0.2, 0.25) is 0 Å². The second kappa shape index (κ2) is 5.01. The van der Waals surface area contributed by atoms with Gasteiger partial charge in [0.2, 0.25) is 6.79 Å². The number of unbranched alkanes of at least 4 members (excludes halogenated alkanes) is 1. The van der Waals surface area contributed by atoms with Crippen molar-refractivity contribution in [3.05, 3.63) is 21.9 Å². The molecule has 1 aromatic rings. The Morgan fingerprint density at radius 1 is 1.38 bits per heavy atom. The molecule has 16 heavy (non-hydrogen) atoms. The number of hydrogen-bond donors (Lipinski definition) is 1. The lowest BCUT2D eigenvalue weighted by Crippen LogP contribution is -2.01. The molecule has 1 aliphatic rings. The van der Waals surface area contributed by atoms with Gasteiger partial charge >= 0.3 is 0 Å². The van der Waals surface area contributed by atoms with Crippen molar-refractivity contribution >= 4 is 15.9 Å². The summed E-state index contributed by atoms with van der Waals surface area (Å²) in [6.07, 6.45) is 2.34. The normalized spacial score (nSPS) is 13.2. The van der Waals surface area contributed by atoms with Gasteiger partial charge in [0, 0.05) is 11.6 Å². The van der Waals surface area contributed by atoms with Crippen LogP contribution in [-0.4, -0.2) is 13.3 Å². The van der Waals surface area contributed by atoms with Crippen molar-refractivity contribution in [2.24, 2.45) is 5.73 Å². The van der Waals surface area contributed by atoms with E-state index in [0.29, 0.717) is 34.5 Å². The maximum Gasteiger partial charge on any atom is 0.231 e. The first kappa shape index (κ1) is 11.7. The van der Waals surface area contributed by atoms with Crippen molar-refractivity contribution in [3.63, 3.8) is 0 Å². The molecule has 3 nitrogen and oxygen atoms in total. The van der Waals surface area contributed by atoms with Crippen LogP contribution in [0.1, 0.15) is 18.4 Å². The predicted octanol–water partition coefficient (Wildman–Crippen LogP) is 2.60. The van der Waals surface area contributed by atoms with Crippen LogP contribution in [0.3, 0.4) is 0 Å². The Morgan fingerprint density at radius 3 is 2.94 bits per heavy atom. The summed E-state index contributed by atoms with van der Waals surface area (Å²) in [6.45, 7) is 0.782. The molecule has 0 aromatic heterocycles. The lowest BCUT2D eigenvalue weighted by atomic mass is 10.1. The van der Waals surface area contributed by atoms with Crippen LogP contribution < -0.4 is 15.2 Å². The zero-order valence-corrected chi connectivity index (χ0v) is 10.3. The van der Waals surface area contributed by atoms with Gasteiger partial charge in [0.05, 0.1) is 4.47 Å². The molecule has 0 amide bonds. The minimum Gasteiger partial charge on any atom is -0.454 e. The molecular formula is C11H13BrFNO2. The van der Waals surface area contributed by atoms with Gasteiger partial charge in [-0.3, -0.25) is 0 Å². The summed E-state index contributed by atoms with van der Waals surface area (Å²) >= 11 is 3.17. The summed E-state index contributed by atoms with van der Waals surface area (Å²) in [5.74, 6) is 0.884. The molecule has 2 rings (SSSR count). The van der Waals surface area contributed by atoms with Crippen LogP contribution >= 0.6 is 15.9 Å². The summed E-state index contributed by atoms with van der Waals surface area (Å²) in [4.78, 5) is 0. The first-order chi connectivity index (χ1) is 7.74. The highest BCUT2D eigenvalue weighted by Crippen LogP contribution is 2.41. The van der Waals surface area contributed by atoms with Gasteiger partial charge in [-0.15, -0.1) is 0 Å². The zero-order valence-electron chi connectivity index (χ0n) is 8.76. The van der Waals surface area contributed by atoms with E-state index >= 15 is 0 Å². The molecule has 5 heteroatoms. The first-order valence-electron chi connectivity index (χ1n) is 5.20. The second-order valence-corrected chi connectivity index (χ2v) is 4.48. The van der Waals surface area contributed by atoms with Crippen molar-refractivity contribution in [2.75, 3.05) is 13.3 Å². The van der Waals surface area contributed by atoms with E-state index in [2.05, 4.69) is 15.9 Å². The number of benzene rings is 1. The summed E-state index contributed by atoms with van der Waals surface area (Å²) in [7, 11) is 0. The van der Waals surface area contributed by atoms with Gasteiger partial charge in [0.25, 0.3) is 0 Å². The van der Waals surface area contributed by atoms with E-state index < -0.39 is 0 Å². The summed E-state index contributed by atoms with van der Waals surface area (Å²) in [5, 5.41) is 0. The van der Waals surface area contributed by atoms with Crippen molar-refractivity contribution < 1.29 is 13.9 Å². The van der Waals surface area contributed by atoms with Gasteiger partial charge in [0.1, 0.15) is 5.82 Å². The topological polar surface area (TPSA) is 44.5 Å². The van der Waals surface area contributed by atoms with Crippen molar-refractivity contribution in [1.29, 1.82) is 0 Å². The Labute approximate surface area is 102 Å². The molecule has 0 saturated heterocycles. The van der Waals surface area contributed by atoms with Crippen molar-refractivity contribution in [1.82, 2.24) is 0 Å².